The van der Waals surface area contributed by atoms with Gasteiger partial charge in [0.2, 0.25) is 0 Å². The highest BCUT2D eigenvalue weighted by Gasteiger charge is 1.99. The molecule has 0 atom stereocenters. The van der Waals surface area contributed by atoms with Crippen molar-refractivity contribution >= 4 is 17.4 Å². The van der Waals surface area contributed by atoms with Crippen LogP contribution in [-0.4, -0.2) is 10.7 Å². The molecule has 0 unspecified atom stereocenters. The Morgan fingerprint density at radius 2 is 1.84 bits per heavy atom. The van der Waals surface area contributed by atoms with Crippen molar-refractivity contribution in [3.63, 3.8) is 0 Å². The summed E-state index contributed by atoms with van der Waals surface area (Å²) < 4.78 is 0. The first kappa shape index (κ1) is 13.9. The van der Waals surface area contributed by atoms with E-state index in [9.17, 15) is 0 Å². The molecular formula is C16H20N2S. The zero-order chi connectivity index (χ0) is 13.7. The number of nitrogens with two attached hydrogens (primary N) is 1. The van der Waals surface area contributed by atoms with Crippen LogP contribution in [0.4, 0.5) is 5.69 Å². The number of thioether (sulfide) groups is 1. The number of benzene rings is 1. The number of aromatic nitrogens is 1. The van der Waals surface area contributed by atoms with Gasteiger partial charge in [-0.25, -0.2) is 4.98 Å². The van der Waals surface area contributed by atoms with Crippen molar-refractivity contribution < 1.29 is 0 Å². The molecule has 0 spiro atoms. The van der Waals surface area contributed by atoms with Crippen LogP contribution < -0.4 is 5.73 Å². The van der Waals surface area contributed by atoms with Crippen LogP contribution in [0.1, 0.15) is 23.2 Å². The predicted octanol–water partition coefficient (Wildman–Crippen LogP) is 4.01. The molecule has 2 nitrogen and oxygen atoms in total. The minimum atomic E-state index is 0.831. The summed E-state index contributed by atoms with van der Waals surface area (Å²) in [7, 11) is 0. The Balaban J connectivity index is 1.79. The molecule has 1 aromatic heterocycles. The molecule has 100 valence electrons. The smallest absolute Gasteiger partial charge is 0.0965 e. The fourth-order valence-corrected chi connectivity index (χ4v) is 2.99. The lowest BCUT2D eigenvalue weighted by Crippen LogP contribution is -1.91. The molecule has 0 aliphatic rings. The van der Waals surface area contributed by atoms with E-state index in [0.717, 1.165) is 35.0 Å². The van der Waals surface area contributed by atoms with Crippen LogP contribution in [0.25, 0.3) is 0 Å². The summed E-state index contributed by atoms with van der Waals surface area (Å²) in [6.45, 7) is 4.17. The maximum absolute atomic E-state index is 5.67. The highest BCUT2D eigenvalue weighted by molar-refractivity contribution is 7.99. The van der Waals surface area contributed by atoms with Gasteiger partial charge in [-0.1, -0.05) is 12.1 Å². The van der Waals surface area contributed by atoms with Gasteiger partial charge in [-0.2, -0.15) is 0 Å². The number of nitrogen functional groups attached to an aromatic ring is 1. The van der Waals surface area contributed by atoms with Gasteiger partial charge in [-0.3, -0.25) is 0 Å². The number of hydrogen-bond acceptors (Lipinski definition) is 3. The third-order valence-electron chi connectivity index (χ3n) is 2.91. The van der Waals surface area contributed by atoms with Gasteiger partial charge in [-0.15, -0.1) is 11.8 Å². The van der Waals surface area contributed by atoms with Crippen molar-refractivity contribution in [2.75, 3.05) is 11.5 Å². The summed E-state index contributed by atoms with van der Waals surface area (Å²) in [5, 5.41) is 1.13. The first-order chi connectivity index (χ1) is 9.13. The van der Waals surface area contributed by atoms with E-state index < -0.39 is 0 Å². The summed E-state index contributed by atoms with van der Waals surface area (Å²) >= 11 is 1.84. The van der Waals surface area contributed by atoms with Gasteiger partial charge >= 0.3 is 0 Å². The Labute approximate surface area is 119 Å². The average Bonchev–Trinajstić information content (AvgIpc) is 2.36. The van der Waals surface area contributed by atoms with E-state index in [1.165, 1.54) is 11.1 Å². The number of anilines is 1. The number of aryl methyl sites for hydroxylation is 3. The third-order valence-corrected chi connectivity index (χ3v) is 3.91. The van der Waals surface area contributed by atoms with Crippen LogP contribution in [0.15, 0.2) is 41.4 Å². The van der Waals surface area contributed by atoms with Crippen molar-refractivity contribution in [3.05, 3.63) is 53.2 Å². The minimum Gasteiger partial charge on any atom is -0.399 e. The van der Waals surface area contributed by atoms with E-state index in [4.69, 9.17) is 5.73 Å². The Morgan fingerprint density at radius 1 is 1.11 bits per heavy atom. The van der Waals surface area contributed by atoms with Gasteiger partial charge in [0.1, 0.15) is 0 Å². The van der Waals surface area contributed by atoms with Crippen LogP contribution >= 0.6 is 11.8 Å². The molecule has 0 fully saturated rings. The number of rotatable bonds is 5. The molecule has 2 N–H and O–H groups in total. The fraction of sp³-hybridized carbons (Fsp3) is 0.312. The minimum absolute atomic E-state index is 0.831. The Kier molecular flexibility index (Phi) is 4.86. The van der Waals surface area contributed by atoms with E-state index in [0.29, 0.717) is 0 Å². The second kappa shape index (κ2) is 6.62. The molecule has 2 aromatic rings. The first-order valence-corrected chi connectivity index (χ1v) is 7.54. The summed E-state index contributed by atoms with van der Waals surface area (Å²) in [6.07, 6.45) is 2.25. The molecule has 19 heavy (non-hydrogen) atoms. The SMILES string of the molecule is Cc1cc(C)nc(SCCCc2ccc(N)cc2)c1. The van der Waals surface area contributed by atoms with E-state index >= 15 is 0 Å². The number of pyridine rings is 1. The van der Waals surface area contributed by atoms with Gasteiger partial charge in [0.05, 0.1) is 5.03 Å². The van der Waals surface area contributed by atoms with Crippen LogP contribution in [-0.2, 0) is 6.42 Å². The van der Waals surface area contributed by atoms with Gasteiger partial charge in [-0.05, 0) is 67.8 Å². The maximum Gasteiger partial charge on any atom is 0.0965 e. The number of nitrogens with zero attached hydrogens (tertiary/aromatic N) is 1. The topological polar surface area (TPSA) is 38.9 Å². The molecule has 0 aliphatic carbocycles. The molecule has 0 bridgehead atoms. The summed E-state index contributed by atoms with van der Waals surface area (Å²) in [4.78, 5) is 4.54. The molecule has 2 rings (SSSR count). The lowest BCUT2D eigenvalue weighted by atomic mass is 10.1. The molecule has 1 aromatic carbocycles. The molecular weight excluding hydrogens is 252 g/mol. The van der Waals surface area contributed by atoms with Gasteiger partial charge in [0.15, 0.2) is 0 Å². The monoisotopic (exact) mass is 272 g/mol. The zero-order valence-electron chi connectivity index (χ0n) is 11.5. The van der Waals surface area contributed by atoms with Crippen LogP contribution in [0, 0.1) is 13.8 Å². The zero-order valence-corrected chi connectivity index (χ0v) is 12.3. The molecule has 1 heterocycles. The molecule has 0 saturated heterocycles. The standard InChI is InChI=1S/C16H20N2S/c1-12-10-13(2)18-16(11-12)19-9-3-4-14-5-7-15(17)8-6-14/h5-8,10-11H,3-4,9,17H2,1-2H3. The Bertz CT molecular complexity index is 515. The molecule has 0 aliphatic heterocycles. The van der Waals surface area contributed by atoms with E-state index in [2.05, 4.69) is 36.2 Å². The van der Waals surface area contributed by atoms with E-state index in [1.807, 2.05) is 30.8 Å². The van der Waals surface area contributed by atoms with Crippen molar-refractivity contribution in [3.8, 4) is 0 Å². The third kappa shape index (κ3) is 4.60. The number of hydrogen-bond donors (Lipinski definition) is 1. The van der Waals surface area contributed by atoms with E-state index in [-0.39, 0.29) is 0 Å². The highest BCUT2D eigenvalue weighted by atomic mass is 32.2. The molecule has 0 saturated carbocycles. The summed E-state index contributed by atoms with van der Waals surface area (Å²) in [6, 6.07) is 12.4. The lowest BCUT2D eigenvalue weighted by Gasteiger charge is -2.04. The van der Waals surface area contributed by atoms with Gasteiger partial charge < -0.3 is 5.73 Å². The van der Waals surface area contributed by atoms with Crippen molar-refractivity contribution in [1.82, 2.24) is 4.98 Å². The maximum atomic E-state index is 5.67. The normalized spacial score (nSPS) is 10.6. The van der Waals surface area contributed by atoms with Crippen LogP contribution in [0.2, 0.25) is 0 Å². The lowest BCUT2D eigenvalue weighted by molar-refractivity contribution is 0.929. The highest BCUT2D eigenvalue weighted by Crippen LogP contribution is 2.19. The van der Waals surface area contributed by atoms with Crippen molar-refractivity contribution in [2.24, 2.45) is 0 Å². The van der Waals surface area contributed by atoms with Crippen molar-refractivity contribution in [2.45, 2.75) is 31.7 Å². The second-order valence-electron chi connectivity index (χ2n) is 4.82. The second-order valence-corrected chi connectivity index (χ2v) is 5.93. The molecule has 0 amide bonds. The van der Waals surface area contributed by atoms with Crippen LogP contribution in [0.3, 0.4) is 0 Å². The van der Waals surface area contributed by atoms with Crippen LogP contribution in [0.5, 0.6) is 0 Å². The van der Waals surface area contributed by atoms with Gasteiger partial charge in [0, 0.05) is 11.4 Å². The molecule has 0 radical (unpaired) electrons. The average molecular weight is 272 g/mol. The van der Waals surface area contributed by atoms with Gasteiger partial charge in [0.25, 0.3) is 0 Å². The summed E-state index contributed by atoms with van der Waals surface area (Å²) in [5.74, 6) is 1.10. The molecule has 3 heteroatoms. The predicted molar refractivity (Wildman–Crippen MR) is 83.6 cm³/mol. The largest absolute Gasteiger partial charge is 0.399 e. The first-order valence-electron chi connectivity index (χ1n) is 6.56. The quantitative estimate of drug-likeness (QED) is 0.508. The van der Waals surface area contributed by atoms with E-state index in [1.54, 1.807) is 0 Å². The fourth-order valence-electron chi connectivity index (χ4n) is 2.02. The van der Waals surface area contributed by atoms with Crippen molar-refractivity contribution in [1.29, 1.82) is 0 Å². The Hall–Kier alpha value is -1.48. The summed E-state index contributed by atoms with van der Waals surface area (Å²) in [5.41, 5.74) is 10.2. The Morgan fingerprint density at radius 3 is 2.53 bits per heavy atom.